The molecule has 1 aliphatic carbocycles. The van der Waals surface area contributed by atoms with E-state index in [0.29, 0.717) is 5.75 Å². The van der Waals surface area contributed by atoms with Gasteiger partial charge in [0.15, 0.2) is 0 Å². The Balaban J connectivity index is 2.06. The maximum atomic E-state index is 13.5. The van der Waals surface area contributed by atoms with Gasteiger partial charge in [0.2, 0.25) is 10.0 Å². The number of hydrogen-bond donors (Lipinski definition) is 1. The van der Waals surface area contributed by atoms with E-state index in [1.54, 1.807) is 12.1 Å². The van der Waals surface area contributed by atoms with Crippen molar-refractivity contribution in [1.29, 1.82) is 0 Å². The Hall–Kier alpha value is -1.89. The van der Waals surface area contributed by atoms with Crippen LogP contribution in [0.4, 0.5) is 0 Å². The van der Waals surface area contributed by atoms with Crippen LogP contribution in [0.5, 0.6) is 5.75 Å². The molecule has 1 N–H and O–H groups in total. The number of sulfonamides is 1. The number of methoxy groups -OCH3 is 1. The first-order chi connectivity index (χ1) is 12.5. The molecular formula is C20H25NO4S. The molecule has 2 aromatic rings. The number of aryl methyl sites for hydroxylation is 1. The standard InChI is InChI=1S/C20H25NO4S/c1-15-8-11-19(25-2)20(12-15)26(23,24)21(18(14-22)17-9-10-17)13-16-6-4-3-5-7-16/h3-8,11-12,17-18,22H,9-10,13-14H2,1-2H3. The molecule has 0 radical (unpaired) electrons. The number of benzene rings is 2. The minimum absolute atomic E-state index is 0.148. The SMILES string of the molecule is COc1ccc(C)cc1S(=O)(=O)N(Cc1ccccc1)C(CO)C1CC1. The maximum Gasteiger partial charge on any atom is 0.247 e. The summed E-state index contributed by atoms with van der Waals surface area (Å²) in [6, 6.07) is 14.2. The van der Waals surface area contributed by atoms with Crippen LogP contribution < -0.4 is 4.74 Å². The van der Waals surface area contributed by atoms with Gasteiger partial charge >= 0.3 is 0 Å². The summed E-state index contributed by atoms with van der Waals surface area (Å²) in [6.45, 7) is 1.89. The first kappa shape index (κ1) is 18.9. The van der Waals surface area contributed by atoms with E-state index >= 15 is 0 Å². The molecule has 0 spiro atoms. The summed E-state index contributed by atoms with van der Waals surface area (Å²) >= 11 is 0. The highest BCUT2D eigenvalue weighted by Gasteiger charge is 2.41. The van der Waals surface area contributed by atoms with Crippen molar-refractivity contribution < 1.29 is 18.3 Å². The van der Waals surface area contributed by atoms with Gasteiger partial charge < -0.3 is 9.84 Å². The van der Waals surface area contributed by atoms with E-state index in [9.17, 15) is 13.5 Å². The summed E-state index contributed by atoms with van der Waals surface area (Å²) < 4.78 is 33.8. The fraction of sp³-hybridized carbons (Fsp3) is 0.400. The van der Waals surface area contributed by atoms with Crippen molar-refractivity contribution in [2.24, 2.45) is 5.92 Å². The van der Waals surface area contributed by atoms with Crippen LogP contribution in [0.25, 0.3) is 0 Å². The summed E-state index contributed by atoms with van der Waals surface area (Å²) in [5, 5.41) is 9.94. The minimum atomic E-state index is -3.83. The average molecular weight is 375 g/mol. The number of aliphatic hydroxyl groups is 1. The zero-order chi connectivity index (χ0) is 18.7. The molecule has 0 aliphatic heterocycles. The van der Waals surface area contributed by atoms with Crippen molar-refractivity contribution in [3.05, 3.63) is 59.7 Å². The van der Waals surface area contributed by atoms with Crippen molar-refractivity contribution in [2.75, 3.05) is 13.7 Å². The summed E-state index contributed by atoms with van der Waals surface area (Å²) in [5.74, 6) is 0.524. The van der Waals surface area contributed by atoms with Gasteiger partial charge in [-0.2, -0.15) is 4.31 Å². The molecule has 1 fully saturated rings. The maximum absolute atomic E-state index is 13.5. The van der Waals surface area contributed by atoms with Crippen molar-refractivity contribution in [2.45, 2.75) is 37.2 Å². The Morgan fingerprint density at radius 1 is 1.19 bits per heavy atom. The third-order valence-electron chi connectivity index (χ3n) is 4.81. The topological polar surface area (TPSA) is 66.8 Å². The molecule has 2 aromatic carbocycles. The monoisotopic (exact) mass is 375 g/mol. The minimum Gasteiger partial charge on any atom is -0.495 e. The Labute approximate surface area is 155 Å². The van der Waals surface area contributed by atoms with Gasteiger partial charge in [0.05, 0.1) is 19.8 Å². The fourth-order valence-corrected chi connectivity index (χ4v) is 5.12. The third kappa shape index (κ3) is 3.92. The summed E-state index contributed by atoms with van der Waals surface area (Å²) in [7, 11) is -2.36. The summed E-state index contributed by atoms with van der Waals surface area (Å²) in [5.41, 5.74) is 1.73. The smallest absolute Gasteiger partial charge is 0.247 e. The van der Waals surface area contributed by atoms with Gasteiger partial charge in [-0.3, -0.25) is 0 Å². The molecule has 1 unspecified atom stereocenters. The van der Waals surface area contributed by atoms with Gasteiger partial charge in [0, 0.05) is 6.54 Å². The van der Waals surface area contributed by atoms with Crippen LogP contribution in [-0.2, 0) is 16.6 Å². The second-order valence-electron chi connectivity index (χ2n) is 6.78. The number of hydrogen-bond acceptors (Lipinski definition) is 4. The number of ether oxygens (including phenoxy) is 1. The molecule has 1 atom stereocenters. The van der Waals surface area contributed by atoms with E-state index < -0.39 is 16.1 Å². The highest BCUT2D eigenvalue weighted by Crippen LogP contribution is 2.39. The van der Waals surface area contributed by atoms with Gasteiger partial charge in [-0.15, -0.1) is 0 Å². The number of rotatable bonds is 8. The summed E-state index contributed by atoms with van der Waals surface area (Å²) in [6.07, 6.45) is 1.88. The van der Waals surface area contributed by atoms with Gasteiger partial charge in [-0.25, -0.2) is 8.42 Å². The molecule has 140 valence electrons. The molecular weight excluding hydrogens is 350 g/mol. The van der Waals surface area contributed by atoms with E-state index in [1.807, 2.05) is 43.3 Å². The molecule has 0 saturated heterocycles. The largest absolute Gasteiger partial charge is 0.495 e. The number of nitrogens with zero attached hydrogens (tertiary/aromatic N) is 1. The second kappa shape index (κ2) is 7.78. The van der Waals surface area contributed by atoms with Gasteiger partial charge in [-0.05, 0) is 48.9 Å². The second-order valence-corrected chi connectivity index (χ2v) is 8.64. The summed E-state index contributed by atoms with van der Waals surface area (Å²) in [4.78, 5) is 0.148. The van der Waals surface area contributed by atoms with Crippen LogP contribution in [-0.4, -0.2) is 37.6 Å². The molecule has 0 aromatic heterocycles. The lowest BCUT2D eigenvalue weighted by atomic mass is 10.1. The predicted octanol–water partition coefficient (Wildman–Crippen LogP) is 2.97. The molecule has 5 nitrogen and oxygen atoms in total. The molecule has 0 bridgehead atoms. The van der Waals surface area contributed by atoms with Gasteiger partial charge in [-0.1, -0.05) is 36.4 Å². The number of aliphatic hydroxyl groups excluding tert-OH is 1. The van der Waals surface area contributed by atoms with Crippen molar-refractivity contribution in [3.8, 4) is 5.75 Å². The molecule has 0 heterocycles. The molecule has 26 heavy (non-hydrogen) atoms. The first-order valence-corrected chi connectivity index (χ1v) is 10.2. The van der Waals surface area contributed by atoms with Crippen molar-refractivity contribution in [3.63, 3.8) is 0 Å². The highest BCUT2D eigenvalue weighted by molar-refractivity contribution is 7.89. The quantitative estimate of drug-likeness (QED) is 0.770. The Morgan fingerprint density at radius 3 is 2.46 bits per heavy atom. The van der Waals surface area contributed by atoms with Crippen LogP contribution >= 0.6 is 0 Å². The Morgan fingerprint density at radius 2 is 1.88 bits per heavy atom. The lowest BCUT2D eigenvalue weighted by molar-refractivity contribution is 0.166. The van der Waals surface area contributed by atoms with E-state index in [-0.39, 0.29) is 24.0 Å². The first-order valence-electron chi connectivity index (χ1n) is 8.78. The normalized spacial score (nSPS) is 15.8. The molecule has 3 rings (SSSR count). The molecule has 6 heteroatoms. The predicted molar refractivity (Wildman–Crippen MR) is 100 cm³/mol. The third-order valence-corrected chi connectivity index (χ3v) is 6.70. The van der Waals surface area contributed by atoms with Crippen LogP contribution in [0, 0.1) is 12.8 Å². The average Bonchev–Trinajstić information content (AvgIpc) is 3.47. The lowest BCUT2D eigenvalue weighted by Crippen LogP contribution is -2.43. The molecule has 0 amide bonds. The van der Waals surface area contributed by atoms with Crippen LogP contribution in [0.3, 0.4) is 0 Å². The zero-order valence-corrected chi connectivity index (χ0v) is 15.9. The van der Waals surface area contributed by atoms with E-state index in [4.69, 9.17) is 4.74 Å². The highest BCUT2D eigenvalue weighted by atomic mass is 32.2. The van der Waals surface area contributed by atoms with E-state index in [2.05, 4.69) is 0 Å². The van der Waals surface area contributed by atoms with Crippen LogP contribution in [0.15, 0.2) is 53.4 Å². The van der Waals surface area contributed by atoms with Crippen molar-refractivity contribution >= 4 is 10.0 Å². The van der Waals surface area contributed by atoms with E-state index in [1.165, 1.54) is 11.4 Å². The van der Waals surface area contributed by atoms with Crippen LogP contribution in [0.1, 0.15) is 24.0 Å². The van der Waals surface area contributed by atoms with E-state index in [0.717, 1.165) is 24.0 Å². The lowest BCUT2D eigenvalue weighted by Gasteiger charge is -2.30. The molecule has 1 saturated carbocycles. The Kier molecular flexibility index (Phi) is 5.65. The Bertz CT molecular complexity index is 847. The zero-order valence-electron chi connectivity index (χ0n) is 15.1. The molecule has 1 aliphatic rings. The van der Waals surface area contributed by atoms with Crippen molar-refractivity contribution in [1.82, 2.24) is 4.31 Å². The fourth-order valence-electron chi connectivity index (χ4n) is 3.21. The van der Waals surface area contributed by atoms with Gasteiger partial charge in [0.1, 0.15) is 10.6 Å². The van der Waals surface area contributed by atoms with Gasteiger partial charge in [0.25, 0.3) is 0 Å². The van der Waals surface area contributed by atoms with Crippen LogP contribution in [0.2, 0.25) is 0 Å².